The zero-order valence-corrected chi connectivity index (χ0v) is 18.2. The molecule has 0 saturated carbocycles. The van der Waals surface area contributed by atoms with Gasteiger partial charge < -0.3 is 4.74 Å². The van der Waals surface area contributed by atoms with Crippen LogP contribution in [0.2, 0.25) is 0 Å². The van der Waals surface area contributed by atoms with E-state index in [9.17, 15) is 22.0 Å². The number of halogens is 2. The molecule has 1 heterocycles. The van der Waals surface area contributed by atoms with Gasteiger partial charge in [0.1, 0.15) is 6.61 Å². The van der Waals surface area contributed by atoms with Gasteiger partial charge in [-0.2, -0.15) is 8.78 Å². The molecule has 10 heteroatoms. The number of carbonyl (C=O) groups is 1. The minimum atomic E-state index is -3.84. The normalized spacial score (nSPS) is 11.6. The number of hydrogen-bond donors (Lipinski definition) is 0. The third-order valence-corrected chi connectivity index (χ3v) is 6.86. The fourth-order valence-electron chi connectivity index (χ4n) is 3.33. The number of imidazole rings is 1. The summed E-state index contributed by atoms with van der Waals surface area (Å²) in [6, 6.07) is 20.1. The molecule has 0 aliphatic rings. The van der Waals surface area contributed by atoms with E-state index in [4.69, 9.17) is 4.74 Å². The van der Waals surface area contributed by atoms with E-state index in [0.29, 0.717) is 15.8 Å². The average Bonchev–Trinajstić information content (AvgIpc) is 3.21. The van der Waals surface area contributed by atoms with E-state index >= 15 is 0 Å². The number of carbonyl (C=O) groups excluding carboxylic acids is 1. The zero-order chi connectivity index (χ0) is 23.6. The number of para-hydroxylation sites is 3. The van der Waals surface area contributed by atoms with Gasteiger partial charge in [0.15, 0.2) is 5.82 Å². The molecule has 0 aliphatic heterocycles. The fourth-order valence-corrected chi connectivity index (χ4v) is 4.52. The fraction of sp³-hybridized carbons (Fsp3) is 0.130. The smallest absolute Gasteiger partial charge is 0.338 e. The van der Waals surface area contributed by atoms with Crippen molar-refractivity contribution in [2.75, 3.05) is 11.4 Å². The second kappa shape index (κ2) is 8.99. The predicted molar refractivity (Wildman–Crippen MR) is 119 cm³/mol. The maximum atomic E-state index is 13.5. The number of rotatable bonds is 7. The number of esters is 1. The molecular weight excluding hydrogens is 452 g/mol. The highest BCUT2D eigenvalue weighted by molar-refractivity contribution is 7.92. The Kier molecular flexibility index (Phi) is 6.10. The van der Waals surface area contributed by atoms with Crippen LogP contribution in [0.15, 0.2) is 83.8 Å². The van der Waals surface area contributed by atoms with Crippen molar-refractivity contribution in [3.05, 3.63) is 90.3 Å². The molecule has 4 aromatic rings. The summed E-state index contributed by atoms with van der Waals surface area (Å²) < 4.78 is 59.7. The molecular formula is C23H19F2N3O4S. The molecule has 4 rings (SSSR count). The van der Waals surface area contributed by atoms with Gasteiger partial charge in [0.05, 0.1) is 27.2 Å². The molecule has 0 spiro atoms. The van der Waals surface area contributed by atoms with Gasteiger partial charge in [0, 0.05) is 7.05 Å². The first-order valence-electron chi connectivity index (χ1n) is 9.84. The first-order chi connectivity index (χ1) is 15.8. The topological polar surface area (TPSA) is 81.5 Å². The van der Waals surface area contributed by atoms with Crippen LogP contribution >= 0.6 is 0 Å². The van der Waals surface area contributed by atoms with Gasteiger partial charge in [-0.25, -0.2) is 18.2 Å². The number of aromatic nitrogens is 2. The van der Waals surface area contributed by atoms with Gasteiger partial charge in [-0.05, 0) is 48.5 Å². The number of anilines is 1. The predicted octanol–water partition coefficient (Wildman–Crippen LogP) is 4.61. The van der Waals surface area contributed by atoms with E-state index in [0.717, 1.165) is 4.31 Å². The molecule has 0 fully saturated rings. The molecule has 1 aromatic heterocycles. The number of fused-ring (bicyclic) bond motifs is 1. The molecule has 3 aromatic carbocycles. The quantitative estimate of drug-likeness (QED) is 0.368. The molecule has 0 bridgehead atoms. The summed E-state index contributed by atoms with van der Waals surface area (Å²) in [5, 5.41) is 0. The summed E-state index contributed by atoms with van der Waals surface area (Å²) in [4.78, 5) is 16.5. The second-order valence-electron chi connectivity index (χ2n) is 7.07. The molecule has 0 radical (unpaired) electrons. The Labute approximate surface area is 188 Å². The van der Waals surface area contributed by atoms with Gasteiger partial charge in [0.2, 0.25) is 0 Å². The van der Waals surface area contributed by atoms with E-state index in [2.05, 4.69) is 4.98 Å². The van der Waals surface area contributed by atoms with Crippen molar-refractivity contribution >= 4 is 32.7 Å². The molecule has 0 atom stereocenters. The molecule has 33 heavy (non-hydrogen) atoms. The van der Waals surface area contributed by atoms with Crippen molar-refractivity contribution < 1.29 is 26.7 Å². The molecule has 170 valence electrons. The van der Waals surface area contributed by atoms with Crippen molar-refractivity contribution in [1.82, 2.24) is 9.55 Å². The van der Waals surface area contributed by atoms with Gasteiger partial charge in [-0.1, -0.05) is 30.3 Å². The van der Waals surface area contributed by atoms with Crippen molar-refractivity contribution in [2.24, 2.45) is 0 Å². The Hall–Kier alpha value is -3.79. The van der Waals surface area contributed by atoms with E-state index < -0.39 is 29.1 Å². The maximum Gasteiger partial charge on any atom is 0.338 e. The Bertz CT molecular complexity index is 1390. The highest BCUT2D eigenvalue weighted by Gasteiger charge is 2.22. The van der Waals surface area contributed by atoms with Crippen LogP contribution in [0.25, 0.3) is 11.0 Å². The first-order valence-corrected chi connectivity index (χ1v) is 11.3. The van der Waals surface area contributed by atoms with Crippen LogP contribution in [-0.2, 0) is 21.4 Å². The number of nitrogens with zero attached hydrogens (tertiary/aromatic N) is 3. The third kappa shape index (κ3) is 4.42. The third-order valence-electron chi connectivity index (χ3n) is 5.06. The summed E-state index contributed by atoms with van der Waals surface area (Å²) in [6.45, 7) is -3.31. The Morgan fingerprint density at radius 3 is 2.30 bits per heavy atom. The number of sulfonamides is 1. The largest absolute Gasteiger partial charge is 0.454 e. The Morgan fingerprint density at radius 1 is 1.00 bits per heavy atom. The lowest BCUT2D eigenvalue weighted by atomic mass is 10.2. The van der Waals surface area contributed by atoms with Crippen molar-refractivity contribution in [1.29, 1.82) is 0 Å². The summed E-state index contributed by atoms with van der Waals surface area (Å²) in [7, 11) is -2.40. The average molecular weight is 471 g/mol. The minimum Gasteiger partial charge on any atom is -0.454 e. The van der Waals surface area contributed by atoms with E-state index in [1.807, 2.05) is 0 Å². The highest BCUT2D eigenvalue weighted by Crippen LogP contribution is 2.24. The van der Waals surface area contributed by atoms with Gasteiger partial charge in [0.25, 0.3) is 10.0 Å². The van der Waals surface area contributed by atoms with Crippen molar-refractivity contribution in [2.45, 2.75) is 18.1 Å². The maximum absolute atomic E-state index is 13.5. The Morgan fingerprint density at radius 2 is 1.64 bits per heavy atom. The van der Waals surface area contributed by atoms with Gasteiger partial charge in [-0.3, -0.25) is 8.87 Å². The van der Waals surface area contributed by atoms with Crippen LogP contribution < -0.4 is 4.31 Å². The SMILES string of the molecule is CN(c1ccccc1)S(=O)(=O)c1ccc(C(=O)OCc2nc3ccccc3n2C(F)F)cc1. The van der Waals surface area contributed by atoms with Crippen molar-refractivity contribution in [3.63, 3.8) is 0 Å². The molecule has 0 aliphatic carbocycles. The number of ether oxygens (including phenoxy) is 1. The lowest BCUT2D eigenvalue weighted by molar-refractivity contribution is 0.0387. The van der Waals surface area contributed by atoms with Crippen LogP contribution in [0, 0.1) is 0 Å². The second-order valence-corrected chi connectivity index (χ2v) is 9.04. The van der Waals surface area contributed by atoms with E-state index in [1.54, 1.807) is 48.5 Å². The number of benzene rings is 3. The summed E-state index contributed by atoms with van der Waals surface area (Å²) in [5.41, 5.74) is 1.16. The van der Waals surface area contributed by atoms with Crippen LogP contribution in [-0.4, -0.2) is 31.0 Å². The van der Waals surface area contributed by atoms with Gasteiger partial charge in [-0.15, -0.1) is 0 Å². The van der Waals surface area contributed by atoms with Crippen LogP contribution in [0.4, 0.5) is 14.5 Å². The monoisotopic (exact) mass is 471 g/mol. The number of alkyl halides is 2. The van der Waals surface area contributed by atoms with E-state index in [1.165, 1.54) is 37.4 Å². The highest BCUT2D eigenvalue weighted by atomic mass is 32.2. The first kappa shape index (κ1) is 22.4. The summed E-state index contributed by atoms with van der Waals surface area (Å²) >= 11 is 0. The molecule has 0 unspecified atom stereocenters. The zero-order valence-electron chi connectivity index (χ0n) is 17.4. The number of hydrogen-bond acceptors (Lipinski definition) is 5. The molecule has 7 nitrogen and oxygen atoms in total. The molecule has 0 N–H and O–H groups in total. The van der Waals surface area contributed by atoms with Crippen molar-refractivity contribution in [3.8, 4) is 0 Å². The lowest BCUT2D eigenvalue weighted by Crippen LogP contribution is -2.26. The lowest BCUT2D eigenvalue weighted by Gasteiger charge is -2.19. The van der Waals surface area contributed by atoms with Crippen LogP contribution in [0.5, 0.6) is 0 Å². The van der Waals surface area contributed by atoms with Crippen LogP contribution in [0.1, 0.15) is 22.7 Å². The summed E-state index contributed by atoms with van der Waals surface area (Å²) in [5.74, 6) is -0.883. The van der Waals surface area contributed by atoms with Gasteiger partial charge >= 0.3 is 12.5 Å². The standard InChI is InChI=1S/C23H19F2N3O4S/c1-27(17-7-3-2-4-8-17)33(30,31)18-13-11-16(12-14-18)22(29)32-15-21-26-19-9-5-6-10-20(19)28(21)23(24)25/h2-14,23H,15H2,1H3. The minimum absolute atomic E-state index is 0.00936. The molecule has 0 saturated heterocycles. The van der Waals surface area contributed by atoms with E-state index in [-0.39, 0.29) is 21.8 Å². The molecule has 0 amide bonds. The van der Waals surface area contributed by atoms with Crippen LogP contribution in [0.3, 0.4) is 0 Å². The summed E-state index contributed by atoms with van der Waals surface area (Å²) in [6.07, 6.45) is 0. The Balaban J connectivity index is 1.49.